The molecule has 3 aromatic rings. The fourth-order valence-corrected chi connectivity index (χ4v) is 3.71. The summed E-state index contributed by atoms with van der Waals surface area (Å²) < 4.78 is 13.2. The van der Waals surface area contributed by atoms with Gasteiger partial charge < -0.3 is 15.2 Å². The molecule has 1 unspecified atom stereocenters. The van der Waals surface area contributed by atoms with Crippen molar-refractivity contribution < 1.29 is 14.1 Å². The highest BCUT2D eigenvalue weighted by Gasteiger charge is 2.28. The maximum Gasteiger partial charge on any atom is 0.279 e. The van der Waals surface area contributed by atoms with E-state index in [0.29, 0.717) is 18.2 Å². The molecule has 0 radical (unpaired) electrons. The molecule has 1 aliphatic rings. The van der Waals surface area contributed by atoms with Crippen LogP contribution in [-0.4, -0.2) is 35.5 Å². The lowest BCUT2D eigenvalue weighted by Gasteiger charge is -2.28. The summed E-state index contributed by atoms with van der Waals surface area (Å²) in [6.07, 6.45) is 2.14. The van der Waals surface area contributed by atoms with E-state index in [0.717, 1.165) is 42.8 Å². The number of aromatic amines is 1. The largest absolute Gasteiger partial charge is 0.342 e. The van der Waals surface area contributed by atoms with Gasteiger partial charge in [0.05, 0.1) is 30.0 Å². The van der Waals surface area contributed by atoms with Gasteiger partial charge in [0.1, 0.15) is 11.6 Å². The number of para-hydroxylation sites is 2. The Hall–Kier alpha value is -2.73. The average Bonchev–Trinajstić information content (AvgIpc) is 3.06. The van der Waals surface area contributed by atoms with Crippen LogP contribution < -0.4 is 10.2 Å². The number of carbonyl (C=O) groups excluding carboxylic acids is 1. The second kappa shape index (κ2) is 7.25. The van der Waals surface area contributed by atoms with Gasteiger partial charge in [0.25, 0.3) is 5.91 Å². The predicted octanol–water partition coefficient (Wildman–Crippen LogP) is 2.10. The van der Waals surface area contributed by atoms with Crippen molar-refractivity contribution in [2.24, 2.45) is 0 Å². The Morgan fingerprint density at radius 3 is 3.00 bits per heavy atom. The number of amides is 1. The normalized spacial score (nSPS) is 20.2. The molecule has 0 aliphatic carbocycles. The van der Waals surface area contributed by atoms with E-state index >= 15 is 0 Å². The number of hydrogen-bond acceptors (Lipinski definition) is 2. The molecule has 26 heavy (non-hydrogen) atoms. The number of anilines is 1. The standard InChI is InChI=1S/C20H21FN4O/c21-15-6-3-7-16(11-15)22-19(26)13-25-10-4-5-14(12-25)20-23-17-8-1-2-9-18(17)24-20/h1-3,6-9,11,14H,4-5,10,12-13H2,(H,22,26)(H,23,24)/p+1/t14-/m1/s1. The molecule has 2 atom stereocenters. The summed E-state index contributed by atoms with van der Waals surface area (Å²) in [5.74, 6) is 0.899. The molecule has 4 rings (SSSR count). The lowest BCUT2D eigenvalue weighted by Crippen LogP contribution is -3.14. The number of halogens is 1. The van der Waals surface area contributed by atoms with Crippen LogP contribution in [0.4, 0.5) is 10.1 Å². The molecule has 0 spiro atoms. The van der Waals surface area contributed by atoms with E-state index in [1.807, 2.05) is 24.3 Å². The molecule has 2 aromatic carbocycles. The third-order valence-corrected chi connectivity index (χ3v) is 4.93. The van der Waals surface area contributed by atoms with Gasteiger partial charge in [-0.25, -0.2) is 9.37 Å². The van der Waals surface area contributed by atoms with E-state index in [9.17, 15) is 9.18 Å². The highest BCUT2D eigenvalue weighted by Crippen LogP contribution is 2.22. The molecule has 5 nitrogen and oxygen atoms in total. The zero-order valence-corrected chi connectivity index (χ0v) is 14.5. The highest BCUT2D eigenvalue weighted by molar-refractivity contribution is 5.91. The van der Waals surface area contributed by atoms with E-state index in [4.69, 9.17) is 4.98 Å². The molecule has 1 aliphatic heterocycles. The molecule has 1 saturated heterocycles. The lowest BCUT2D eigenvalue weighted by atomic mass is 9.97. The second-order valence-electron chi connectivity index (χ2n) is 6.92. The maximum absolute atomic E-state index is 13.2. The quantitative estimate of drug-likeness (QED) is 0.673. The summed E-state index contributed by atoms with van der Waals surface area (Å²) in [6, 6.07) is 14.0. The number of rotatable bonds is 4. The Morgan fingerprint density at radius 2 is 2.15 bits per heavy atom. The maximum atomic E-state index is 13.2. The number of quaternary nitrogens is 1. The number of piperidine rings is 1. The van der Waals surface area contributed by atoms with Gasteiger partial charge in [-0.1, -0.05) is 18.2 Å². The van der Waals surface area contributed by atoms with E-state index in [2.05, 4.69) is 10.3 Å². The fourth-order valence-electron chi connectivity index (χ4n) is 3.71. The van der Waals surface area contributed by atoms with Crippen LogP contribution in [0, 0.1) is 5.82 Å². The van der Waals surface area contributed by atoms with Crippen molar-refractivity contribution in [1.29, 1.82) is 0 Å². The van der Waals surface area contributed by atoms with Crippen LogP contribution in [0.3, 0.4) is 0 Å². The molecule has 134 valence electrons. The van der Waals surface area contributed by atoms with Crippen molar-refractivity contribution >= 4 is 22.6 Å². The van der Waals surface area contributed by atoms with E-state index in [1.54, 1.807) is 12.1 Å². The van der Waals surface area contributed by atoms with Crippen molar-refractivity contribution in [2.45, 2.75) is 18.8 Å². The zero-order chi connectivity index (χ0) is 17.9. The zero-order valence-electron chi connectivity index (χ0n) is 14.5. The van der Waals surface area contributed by atoms with E-state index in [1.165, 1.54) is 17.0 Å². The Labute approximate surface area is 151 Å². The molecule has 2 heterocycles. The number of carbonyl (C=O) groups is 1. The number of nitrogens with zero attached hydrogens (tertiary/aromatic N) is 1. The molecule has 0 saturated carbocycles. The van der Waals surface area contributed by atoms with Gasteiger partial charge >= 0.3 is 0 Å². The van der Waals surface area contributed by atoms with Crippen LogP contribution in [0.2, 0.25) is 0 Å². The molecule has 1 fully saturated rings. The number of benzene rings is 2. The highest BCUT2D eigenvalue weighted by atomic mass is 19.1. The molecular weight excluding hydrogens is 331 g/mol. The summed E-state index contributed by atoms with van der Waals surface area (Å²) in [5.41, 5.74) is 2.54. The minimum atomic E-state index is -0.349. The van der Waals surface area contributed by atoms with Gasteiger partial charge in [0.2, 0.25) is 0 Å². The number of fused-ring (bicyclic) bond motifs is 1. The Kier molecular flexibility index (Phi) is 4.67. The number of likely N-dealkylation sites (tertiary alicyclic amines) is 1. The molecule has 6 heteroatoms. The first-order valence-corrected chi connectivity index (χ1v) is 9.01. The topological polar surface area (TPSA) is 62.2 Å². The fraction of sp³-hybridized carbons (Fsp3) is 0.300. The summed E-state index contributed by atoms with van der Waals surface area (Å²) >= 11 is 0. The van der Waals surface area contributed by atoms with Crippen LogP contribution in [0.15, 0.2) is 48.5 Å². The number of aromatic nitrogens is 2. The van der Waals surface area contributed by atoms with Crippen molar-refractivity contribution in [1.82, 2.24) is 9.97 Å². The molecule has 0 bridgehead atoms. The van der Waals surface area contributed by atoms with Crippen LogP contribution >= 0.6 is 0 Å². The molecular formula is C20H22FN4O+. The Morgan fingerprint density at radius 1 is 1.27 bits per heavy atom. The minimum Gasteiger partial charge on any atom is -0.342 e. The number of hydrogen-bond donors (Lipinski definition) is 3. The van der Waals surface area contributed by atoms with E-state index in [-0.39, 0.29) is 11.7 Å². The molecule has 1 amide bonds. The Bertz CT molecular complexity index is 890. The summed E-state index contributed by atoms with van der Waals surface area (Å²) in [5, 5.41) is 2.78. The molecule has 3 N–H and O–H groups in total. The second-order valence-corrected chi connectivity index (χ2v) is 6.92. The number of H-pyrrole nitrogens is 1. The van der Waals surface area contributed by atoms with Crippen molar-refractivity contribution in [3.63, 3.8) is 0 Å². The third-order valence-electron chi connectivity index (χ3n) is 4.93. The van der Waals surface area contributed by atoms with E-state index < -0.39 is 0 Å². The monoisotopic (exact) mass is 353 g/mol. The summed E-state index contributed by atoms with van der Waals surface area (Å²) in [7, 11) is 0. The smallest absolute Gasteiger partial charge is 0.279 e. The predicted molar refractivity (Wildman–Crippen MR) is 98.7 cm³/mol. The van der Waals surface area contributed by atoms with Crippen LogP contribution in [-0.2, 0) is 4.79 Å². The first kappa shape index (κ1) is 16.7. The van der Waals surface area contributed by atoms with Crippen molar-refractivity contribution in [3.05, 3.63) is 60.2 Å². The van der Waals surface area contributed by atoms with Crippen LogP contribution in [0.25, 0.3) is 11.0 Å². The Balaban J connectivity index is 1.39. The minimum absolute atomic E-state index is 0.0872. The summed E-state index contributed by atoms with van der Waals surface area (Å²) in [6.45, 7) is 2.22. The van der Waals surface area contributed by atoms with Crippen LogP contribution in [0.5, 0.6) is 0 Å². The average molecular weight is 353 g/mol. The first-order valence-electron chi connectivity index (χ1n) is 9.01. The third kappa shape index (κ3) is 3.75. The first-order chi connectivity index (χ1) is 12.7. The SMILES string of the molecule is O=C(C[NH+]1CCC[C@@H](c2nc3ccccc3[nH]2)C1)Nc1cccc(F)c1. The van der Waals surface area contributed by atoms with Crippen molar-refractivity contribution in [2.75, 3.05) is 25.0 Å². The number of nitrogens with one attached hydrogen (secondary N) is 3. The number of imidazole rings is 1. The van der Waals surface area contributed by atoms with Gasteiger partial charge in [-0.15, -0.1) is 0 Å². The van der Waals surface area contributed by atoms with Gasteiger partial charge in [-0.2, -0.15) is 0 Å². The van der Waals surface area contributed by atoms with Gasteiger partial charge in [-0.05, 0) is 43.2 Å². The van der Waals surface area contributed by atoms with Crippen LogP contribution in [0.1, 0.15) is 24.6 Å². The summed E-state index contributed by atoms with van der Waals surface area (Å²) in [4.78, 5) is 21.7. The van der Waals surface area contributed by atoms with Gasteiger partial charge in [0.15, 0.2) is 6.54 Å². The van der Waals surface area contributed by atoms with Crippen molar-refractivity contribution in [3.8, 4) is 0 Å². The molecule has 1 aromatic heterocycles. The van der Waals surface area contributed by atoms with Gasteiger partial charge in [0, 0.05) is 5.69 Å². The lowest BCUT2D eigenvalue weighted by molar-refractivity contribution is -0.898. The van der Waals surface area contributed by atoms with Gasteiger partial charge in [-0.3, -0.25) is 4.79 Å².